The van der Waals surface area contributed by atoms with Gasteiger partial charge in [0.15, 0.2) is 9.84 Å². The molecule has 2 rings (SSSR count). The van der Waals surface area contributed by atoms with Gasteiger partial charge in [0.2, 0.25) is 0 Å². The Morgan fingerprint density at radius 1 is 1.31 bits per heavy atom. The van der Waals surface area contributed by atoms with Crippen molar-refractivity contribution in [2.45, 2.75) is 5.75 Å². The summed E-state index contributed by atoms with van der Waals surface area (Å²) in [5.41, 5.74) is 2.66. The van der Waals surface area contributed by atoms with E-state index in [-0.39, 0.29) is 5.75 Å². The molecule has 16 heavy (non-hydrogen) atoms. The number of sulfone groups is 1. The summed E-state index contributed by atoms with van der Waals surface area (Å²) in [5, 5.41) is 4.00. The quantitative estimate of drug-likeness (QED) is 0.843. The van der Waals surface area contributed by atoms with Crippen LogP contribution in [-0.2, 0) is 15.6 Å². The Morgan fingerprint density at radius 2 is 2.12 bits per heavy atom. The van der Waals surface area contributed by atoms with Crippen LogP contribution in [0.15, 0.2) is 35.2 Å². The van der Waals surface area contributed by atoms with E-state index in [9.17, 15) is 8.42 Å². The zero-order chi connectivity index (χ0) is 11.6. The number of hydrogen-bond donors (Lipinski definition) is 0. The second-order valence-corrected chi connectivity index (χ2v) is 6.55. The highest BCUT2D eigenvalue weighted by molar-refractivity contribution is 7.89. The summed E-state index contributed by atoms with van der Waals surface area (Å²) in [7, 11) is -2.98. The Hall–Kier alpha value is -1.20. The van der Waals surface area contributed by atoms with E-state index in [1.54, 1.807) is 23.6 Å². The molecule has 2 heterocycles. The van der Waals surface area contributed by atoms with E-state index >= 15 is 0 Å². The zero-order valence-corrected chi connectivity index (χ0v) is 10.4. The third-order valence-corrected chi connectivity index (χ3v) is 3.61. The molecule has 0 atom stereocenters. The van der Waals surface area contributed by atoms with Crippen molar-refractivity contribution in [2.75, 3.05) is 6.26 Å². The van der Waals surface area contributed by atoms with Crippen LogP contribution >= 0.6 is 11.3 Å². The monoisotopic (exact) mass is 253 g/mol. The van der Waals surface area contributed by atoms with Crippen LogP contribution in [0.4, 0.5) is 0 Å². The van der Waals surface area contributed by atoms with Crippen molar-refractivity contribution >= 4 is 21.2 Å². The van der Waals surface area contributed by atoms with E-state index in [0.29, 0.717) is 0 Å². The molecule has 0 aliphatic carbocycles. The van der Waals surface area contributed by atoms with Gasteiger partial charge in [-0.2, -0.15) is 11.3 Å². The predicted molar refractivity (Wildman–Crippen MR) is 66.1 cm³/mol. The van der Waals surface area contributed by atoms with Crippen molar-refractivity contribution in [3.63, 3.8) is 0 Å². The minimum Gasteiger partial charge on any atom is -0.256 e. The molecular formula is C11H11NO2S2. The zero-order valence-electron chi connectivity index (χ0n) is 8.75. The summed E-state index contributed by atoms with van der Waals surface area (Å²) in [6.07, 6.45) is 2.84. The summed E-state index contributed by atoms with van der Waals surface area (Å²) in [5.74, 6) is 0.0456. The van der Waals surface area contributed by atoms with E-state index in [1.807, 2.05) is 22.9 Å². The van der Waals surface area contributed by atoms with Gasteiger partial charge < -0.3 is 0 Å². The van der Waals surface area contributed by atoms with E-state index in [4.69, 9.17) is 0 Å². The standard InChI is InChI=1S/C11H11NO2S2/c1-16(13,14)8-9-2-3-11(12-6-9)10-4-5-15-7-10/h2-7H,8H2,1H3. The summed E-state index contributed by atoms with van der Waals surface area (Å²) >= 11 is 1.61. The smallest absolute Gasteiger partial charge is 0.151 e. The van der Waals surface area contributed by atoms with Gasteiger partial charge in [0.25, 0.3) is 0 Å². The molecule has 5 heteroatoms. The van der Waals surface area contributed by atoms with Crippen molar-refractivity contribution in [2.24, 2.45) is 0 Å². The second-order valence-electron chi connectivity index (χ2n) is 3.63. The summed E-state index contributed by atoms with van der Waals surface area (Å²) in [6.45, 7) is 0. The molecule has 84 valence electrons. The molecule has 0 fully saturated rings. The molecule has 2 aromatic heterocycles. The fourth-order valence-electron chi connectivity index (χ4n) is 1.39. The van der Waals surface area contributed by atoms with Gasteiger partial charge >= 0.3 is 0 Å². The Labute approximate surface area is 98.7 Å². The van der Waals surface area contributed by atoms with Gasteiger partial charge in [-0.1, -0.05) is 6.07 Å². The van der Waals surface area contributed by atoms with Gasteiger partial charge in [-0.05, 0) is 23.1 Å². The van der Waals surface area contributed by atoms with E-state index < -0.39 is 9.84 Å². The fourth-order valence-corrected chi connectivity index (χ4v) is 2.82. The van der Waals surface area contributed by atoms with Gasteiger partial charge in [-0.15, -0.1) is 0 Å². The van der Waals surface area contributed by atoms with Crippen LogP contribution in [0, 0.1) is 0 Å². The number of hydrogen-bond acceptors (Lipinski definition) is 4. The first-order valence-electron chi connectivity index (χ1n) is 4.70. The Morgan fingerprint density at radius 3 is 2.62 bits per heavy atom. The fraction of sp³-hybridized carbons (Fsp3) is 0.182. The lowest BCUT2D eigenvalue weighted by Gasteiger charge is -2.00. The molecule has 0 N–H and O–H groups in total. The maximum Gasteiger partial charge on any atom is 0.151 e. The highest BCUT2D eigenvalue weighted by Gasteiger charge is 2.05. The van der Waals surface area contributed by atoms with Gasteiger partial charge in [0.1, 0.15) is 0 Å². The number of nitrogens with zero attached hydrogens (tertiary/aromatic N) is 1. The SMILES string of the molecule is CS(=O)(=O)Cc1ccc(-c2ccsc2)nc1. The lowest BCUT2D eigenvalue weighted by atomic mass is 10.2. The van der Waals surface area contributed by atoms with Crippen molar-refractivity contribution < 1.29 is 8.42 Å². The molecule has 2 aromatic rings. The van der Waals surface area contributed by atoms with Crippen LogP contribution < -0.4 is 0 Å². The molecule has 0 amide bonds. The lowest BCUT2D eigenvalue weighted by molar-refractivity contribution is 0.601. The van der Waals surface area contributed by atoms with Crippen LogP contribution in [0.5, 0.6) is 0 Å². The Kier molecular flexibility index (Phi) is 3.07. The predicted octanol–water partition coefficient (Wildman–Crippen LogP) is 2.35. The molecule has 0 aromatic carbocycles. The Bertz CT molecular complexity index is 557. The van der Waals surface area contributed by atoms with Gasteiger partial charge in [-0.25, -0.2) is 8.42 Å². The molecule has 0 spiro atoms. The average molecular weight is 253 g/mol. The summed E-state index contributed by atoms with van der Waals surface area (Å²) in [6, 6.07) is 5.65. The van der Waals surface area contributed by atoms with Gasteiger partial charge in [0, 0.05) is 23.4 Å². The largest absolute Gasteiger partial charge is 0.256 e. The van der Waals surface area contributed by atoms with Crippen molar-refractivity contribution in [3.8, 4) is 11.3 Å². The van der Waals surface area contributed by atoms with Gasteiger partial charge in [0.05, 0.1) is 11.4 Å². The third-order valence-electron chi connectivity index (χ3n) is 2.07. The van der Waals surface area contributed by atoms with Crippen molar-refractivity contribution in [3.05, 3.63) is 40.7 Å². The number of rotatable bonds is 3. The highest BCUT2D eigenvalue weighted by Crippen LogP contribution is 2.20. The average Bonchev–Trinajstić information content (AvgIpc) is 2.69. The summed E-state index contributed by atoms with van der Waals surface area (Å²) in [4.78, 5) is 4.25. The van der Waals surface area contributed by atoms with Crippen LogP contribution in [0.2, 0.25) is 0 Å². The van der Waals surface area contributed by atoms with Crippen molar-refractivity contribution in [1.82, 2.24) is 4.98 Å². The third kappa shape index (κ3) is 2.90. The van der Waals surface area contributed by atoms with E-state index in [2.05, 4.69) is 4.98 Å². The first-order chi connectivity index (χ1) is 7.54. The minimum absolute atomic E-state index is 0.0456. The molecule has 0 saturated heterocycles. The maximum absolute atomic E-state index is 11.1. The van der Waals surface area contributed by atoms with Crippen molar-refractivity contribution in [1.29, 1.82) is 0 Å². The molecule has 3 nitrogen and oxygen atoms in total. The first kappa shape index (κ1) is 11.3. The molecular weight excluding hydrogens is 242 g/mol. The van der Waals surface area contributed by atoms with Crippen LogP contribution in [0.25, 0.3) is 11.3 Å². The molecule has 0 radical (unpaired) electrons. The van der Waals surface area contributed by atoms with E-state index in [0.717, 1.165) is 16.8 Å². The number of thiophene rings is 1. The molecule has 0 saturated carbocycles. The first-order valence-corrected chi connectivity index (χ1v) is 7.70. The molecule has 0 bridgehead atoms. The normalized spacial score (nSPS) is 11.6. The van der Waals surface area contributed by atoms with Gasteiger partial charge in [-0.3, -0.25) is 4.98 Å². The molecule has 0 unspecified atom stereocenters. The Balaban J connectivity index is 2.24. The van der Waals surface area contributed by atoms with Crippen LogP contribution in [0.1, 0.15) is 5.56 Å². The minimum atomic E-state index is -2.98. The van der Waals surface area contributed by atoms with E-state index in [1.165, 1.54) is 6.26 Å². The topological polar surface area (TPSA) is 47.0 Å². The van der Waals surface area contributed by atoms with Crippen LogP contribution in [-0.4, -0.2) is 19.7 Å². The lowest BCUT2D eigenvalue weighted by Crippen LogP contribution is -2.01. The molecule has 0 aliphatic heterocycles. The number of pyridine rings is 1. The second kappa shape index (κ2) is 4.35. The van der Waals surface area contributed by atoms with Crippen LogP contribution in [0.3, 0.4) is 0 Å². The highest BCUT2D eigenvalue weighted by atomic mass is 32.2. The number of aromatic nitrogens is 1. The molecule has 0 aliphatic rings. The summed E-state index contributed by atoms with van der Waals surface area (Å²) < 4.78 is 22.2. The maximum atomic E-state index is 11.1.